The predicted octanol–water partition coefficient (Wildman–Crippen LogP) is 5.00. The summed E-state index contributed by atoms with van der Waals surface area (Å²) in [6, 6.07) is 30.3. The Morgan fingerprint density at radius 3 is 1.83 bits per heavy atom. The minimum Gasteiger partial charge on any atom is -0.367 e. The number of benzene rings is 4. The van der Waals surface area contributed by atoms with Gasteiger partial charge >= 0.3 is 0 Å². The van der Waals surface area contributed by atoms with Crippen LogP contribution in [-0.4, -0.2) is 44.2 Å². The highest BCUT2D eigenvalue weighted by molar-refractivity contribution is 5.89. The summed E-state index contributed by atoms with van der Waals surface area (Å²) in [7, 11) is 0. The summed E-state index contributed by atoms with van der Waals surface area (Å²) in [5, 5.41) is 8.46. The van der Waals surface area contributed by atoms with Crippen molar-refractivity contribution in [2.45, 2.75) is 6.10 Å². The average Bonchev–Trinajstić information content (AvgIpc) is 2.82. The van der Waals surface area contributed by atoms with E-state index in [0.29, 0.717) is 0 Å². The summed E-state index contributed by atoms with van der Waals surface area (Å²) in [4.78, 5) is 2.49. The summed E-state index contributed by atoms with van der Waals surface area (Å²) < 4.78 is 6.67. The van der Waals surface area contributed by atoms with Gasteiger partial charge in [-0.1, -0.05) is 84.9 Å². The molecule has 3 heteroatoms. The van der Waals surface area contributed by atoms with Gasteiger partial charge in [-0.05, 0) is 32.7 Å². The highest BCUT2D eigenvalue weighted by atomic mass is 16.5. The Hall–Kier alpha value is -2.72. The topological polar surface area (TPSA) is 24.5 Å². The predicted molar refractivity (Wildman–Crippen MR) is 125 cm³/mol. The Labute approximate surface area is 178 Å². The third-order valence-electron chi connectivity index (χ3n) is 6.11. The van der Waals surface area contributed by atoms with Gasteiger partial charge < -0.3 is 10.1 Å². The second-order valence-corrected chi connectivity index (χ2v) is 7.98. The molecule has 1 N–H and O–H groups in total. The second-order valence-electron chi connectivity index (χ2n) is 7.98. The molecule has 0 bridgehead atoms. The van der Waals surface area contributed by atoms with Crippen LogP contribution in [0.3, 0.4) is 0 Å². The van der Waals surface area contributed by atoms with Crippen molar-refractivity contribution in [2.75, 3.05) is 39.3 Å². The van der Waals surface area contributed by atoms with Crippen molar-refractivity contribution < 1.29 is 4.74 Å². The van der Waals surface area contributed by atoms with E-state index in [0.717, 1.165) is 39.3 Å². The van der Waals surface area contributed by atoms with Crippen molar-refractivity contribution in [2.24, 2.45) is 0 Å². The van der Waals surface area contributed by atoms with E-state index in [9.17, 15) is 0 Å². The minimum atomic E-state index is -0.0925. The molecule has 0 aliphatic carbocycles. The summed E-state index contributed by atoms with van der Waals surface area (Å²) >= 11 is 0. The van der Waals surface area contributed by atoms with Gasteiger partial charge in [0.05, 0.1) is 6.61 Å². The fourth-order valence-corrected chi connectivity index (χ4v) is 4.54. The van der Waals surface area contributed by atoms with Crippen molar-refractivity contribution in [3.8, 4) is 0 Å². The molecule has 0 unspecified atom stereocenters. The van der Waals surface area contributed by atoms with E-state index in [1.807, 2.05) is 0 Å². The van der Waals surface area contributed by atoms with Gasteiger partial charge in [0.25, 0.3) is 0 Å². The fourth-order valence-electron chi connectivity index (χ4n) is 4.54. The van der Waals surface area contributed by atoms with E-state index in [-0.39, 0.29) is 6.10 Å². The minimum absolute atomic E-state index is 0.0925. The molecular formula is C27H28N2O. The van der Waals surface area contributed by atoms with Crippen LogP contribution >= 0.6 is 0 Å². The zero-order chi connectivity index (χ0) is 20.2. The molecule has 0 saturated carbocycles. The van der Waals surface area contributed by atoms with E-state index >= 15 is 0 Å². The molecule has 0 atom stereocenters. The first kappa shape index (κ1) is 19.3. The standard InChI is InChI=1S/C27H28N2O/c1-3-11-23-21(7-1)9-5-13-25(23)27(30-20-19-29-17-15-28-16-18-29)26-14-6-10-22-8-2-4-12-24(22)26/h1-14,27-28H,15-20H2. The number of hydrogen-bond donors (Lipinski definition) is 1. The number of hydrogen-bond acceptors (Lipinski definition) is 3. The van der Waals surface area contributed by atoms with Crippen molar-refractivity contribution in [1.29, 1.82) is 0 Å². The quantitative estimate of drug-likeness (QED) is 0.496. The van der Waals surface area contributed by atoms with Crippen molar-refractivity contribution in [1.82, 2.24) is 10.2 Å². The van der Waals surface area contributed by atoms with Crippen LogP contribution in [0.25, 0.3) is 21.5 Å². The normalized spacial score (nSPS) is 15.2. The first-order chi connectivity index (χ1) is 14.9. The molecule has 30 heavy (non-hydrogen) atoms. The van der Waals surface area contributed by atoms with Crippen LogP contribution in [0.4, 0.5) is 0 Å². The number of nitrogens with one attached hydrogen (secondary N) is 1. The maximum Gasteiger partial charge on any atom is 0.109 e. The lowest BCUT2D eigenvalue weighted by atomic mass is 9.92. The zero-order valence-electron chi connectivity index (χ0n) is 17.3. The molecule has 1 heterocycles. The molecule has 1 aliphatic rings. The first-order valence-corrected chi connectivity index (χ1v) is 10.9. The number of fused-ring (bicyclic) bond motifs is 2. The largest absolute Gasteiger partial charge is 0.367 e. The molecule has 1 aliphatic heterocycles. The highest BCUT2D eigenvalue weighted by Crippen LogP contribution is 2.35. The van der Waals surface area contributed by atoms with Crippen LogP contribution in [0.2, 0.25) is 0 Å². The first-order valence-electron chi connectivity index (χ1n) is 10.9. The van der Waals surface area contributed by atoms with E-state index < -0.39 is 0 Å². The molecule has 3 nitrogen and oxygen atoms in total. The third kappa shape index (κ3) is 3.97. The van der Waals surface area contributed by atoms with Crippen LogP contribution < -0.4 is 5.32 Å². The number of ether oxygens (including phenoxy) is 1. The summed E-state index contributed by atoms with van der Waals surface area (Å²) in [5.74, 6) is 0. The molecule has 4 aromatic rings. The average molecular weight is 397 g/mol. The molecule has 4 aromatic carbocycles. The van der Waals surface area contributed by atoms with Gasteiger partial charge in [-0.3, -0.25) is 4.90 Å². The third-order valence-corrected chi connectivity index (χ3v) is 6.11. The van der Waals surface area contributed by atoms with Crippen LogP contribution in [0.1, 0.15) is 17.2 Å². The Kier molecular flexibility index (Phi) is 5.76. The Morgan fingerprint density at radius 2 is 1.23 bits per heavy atom. The Morgan fingerprint density at radius 1 is 0.700 bits per heavy atom. The number of piperazine rings is 1. The molecule has 1 saturated heterocycles. The van der Waals surface area contributed by atoms with Gasteiger partial charge in [-0.15, -0.1) is 0 Å². The maximum absolute atomic E-state index is 6.67. The number of nitrogens with zero attached hydrogens (tertiary/aromatic N) is 1. The molecule has 0 radical (unpaired) electrons. The van der Waals surface area contributed by atoms with Crippen LogP contribution in [0.5, 0.6) is 0 Å². The van der Waals surface area contributed by atoms with Gasteiger partial charge in [0.1, 0.15) is 6.10 Å². The lowest BCUT2D eigenvalue weighted by Gasteiger charge is -2.28. The van der Waals surface area contributed by atoms with Gasteiger partial charge in [0.2, 0.25) is 0 Å². The van der Waals surface area contributed by atoms with E-state index in [1.165, 1.54) is 32.7 Å². The molecule has 0 spiro atoms. The summed E-state index contributed by atoms with van der Waals surface area (Å²) in [6.45, 7) is 6.00. The van der Waals surface area contributed by atoms with Crippen molar-refractivity contribution >= 4 is 21.5 Å². The Bertz CT molecular complexity index is 1040. The smallest absolute Gasteiger partial charge is 0.109 e. The van der Waals surface area contributed by atoms with Gasteiger partial charge in [0, 0.05) is 32.7 Å². The van der Waals surface area contributed by atoms with E-state index in [4.69, 9.17) is 4.74 Å². The molecular weight excluding hydrogens is 368 g/mol. The van der Waals surface area contributed by atoms with Crippen LogP contribution in [-0.2, 0) is 4.74 Å². The monoisotopic (exact) mass is 396 g/mol. The molecule has 1 fully saturated rings. The lowest BCUT2D eigenvalue weighted by Crippen LogP contribution is -2.44. The fraction of sp³-hybridized carbons (Fsp3) is 0.259. The summed E-state index contributed by atoms with van der Waals surface area (Å²) in [5.41, 5.74) is 2.48. The van der Waals surface area contributed by atoms with Gasteiger partial charge in [0.15, 0.2) is 0 Å². The molecule has 0 aromatic heterocycles. The van der Waals surface area contributed by atoms with E-state index in [2.05, 4.69) is 95.1 Å². The van der Waals surface area contributed by atoms with E-state index in [1.54, 1.807) is 0 Å². The van der Waals surface area contributed by atoms with Crippen LogP contribution in [0.15, 0.2) is 84.9 Å². The Balaban J connectivity index is 1.53. The molecule has 0 amide bonds. The summed E-state index contributed by atoms with van der Waals surface area (Å²) in [6.07, 6.45) is -0.0925. The number of rotatable bonds is 6. The zero-order valence-corrected chi connectivity index (χ0v) is 17.3. The van der Waals surface area contributed by atoms with Crippen molar-refractivity contribution in [3.63, 3.8) is 0 Å². The second kappa shape index (κ2) is 8.97. The van der Waals surface area contributed by atoms with Gasteiger partial charge in [-0.25, -0.2) is 0 Å². The highest BCUT2D eigenvalue weighted by Gasteiger charge is 2.20. The SMILES string of the molecule is c1ccc2c(C(OCCN3CCNCC3)c3cccc4ccccc34)cccc2c1. The van der Waals surface area contributed by atoms with Gasteiger partial charge in [-0.2, -0.15) is 0 Å². The molecule has 152 valence electrons. The maximum atomic E-state index is 6.67. The van der Waals surface area contributed by atoms with Crippen molar-refractivity contribution in [3.05, 3.63) is 96.1 Å². The van der Waals surface area contributed by atoms with Crippen LogP contribution in [0, 0.1) is 0 Å². The molecule has 5 rings (SSSR count). The lowest BCUT2D eigenvalue weighted by molar-refractivity contribution is 0.0588.